The number of carbonyl (C=O) groups excluding carboxylic acids is 1. The summed E-state index contributed by atoms with van der Waals surface area (Å²) in [6.45, 7) is 3.74. The highest BCUT2D eigenvalue weighted by atomic mass is 32.1. The van der Waals surface area contributed by atoms with Crippen LogP contribution < -0.4 is 10.6 Å². The molecule has 25 heavy (non-hydrogen) atoms. The maximum absolute atomic E-state index is 13.6. The molecule has 128 valence electrons. The SMILES string of the molecule is CC(=O)NCc1ccc(-c2csc(Nc3ccc(C)c(F)c3)n2)cc1. The van der Waals surface area contributed by atoms with E-state index in [1.54, 1.807) is 13.0 Å². The van der Waals surface area contributed by atoms with E-state index in [1.807, 2.05) is 35.7 Å². The van der Waals surface area contributed by atoms with E-state index >= 15 is 0 Å². The van der Waals surface area contributed by atoms with Crippen molar-refractivity contribution in [3.8, 4) is 11.3 Å². The number of amides is 1. The van der Waals surface area contributed by atoms with Crippen molar-refractivity contribution < 1.29 is 9.18 Å². The van der Waals surface area contributed by atoms with Crippen LogP contribution in [-0.4, -0.2) is 10.9 Å². The number of hydrogen-bond donors (Lipinski definition) is 2. The average Bonchev–Trinajstić information content (AvgIpc) is 3.05. The number of rotatable bonds is 5. The first kappa shape index (κ1) is 17.1. The summed E-state index contributed by atoms with van der Waals surface area (Å²) in [5.41, 5.74) is 4.17. The molecular weight excluding hydrogens is 337 g/mol. The van der Waals surface area contributed by atoms with Crippen LogP contribution in [0.15, 0.2) is 47.8 Å². The smallest absolute Gasteiger partial charge is 0.217 e. The molecule has 6 heteroatoms. The van der Waals surface area contributed by atoms with Gasteiger partial charge in [0.05, 0.1) is 5.69 Å². The molecule has 0 atom stereocenters. The third-order valence-electron chi connectivity index (χ3n) is 3.72. The topological polar surface area (TPSA) is 54.0 Å². The van der Waals surface area contributed by atoms with Crippen LogP contribution in [0.1, 0.15) is 18.1 Å². The molecule has 0 saturated heterocycles. The lowest BCUT2D eigenvalue weighted by Gasteiger charge is -2.04. The summed E-state index contributed by atoms with van der Waals surface area (Å²) in [5, 5.41) is 8.56. The normalized spacial score (nSPS) is 10.5. The van der Waals surface area contributed by atoms with Crippen LogP contribution in [-0.2, 0) is 11.3 Å². The number of anilines is 2. The standard InChI is InChI=1S/C19H18FN3OS/c1-12-3-8-16(9-17(12)20)22-19-23-18(11-25-19)15-6-4-14(5-7-15)10-21-13(2)24/h3-9,11H,10H2,1-2H3,(H,21,24)(H,22,23). The second-order valence-corrected chi connectivity index (χ2v) is 6.59. The van der Waals surface area contributed by atoms with Gasteiger partial charge < -0.3 is 10.6 Å². The van der Waals surface area contributed by atoms with E-state index in [0.29, 0.717) is 22.9 Å². The predicted octanol–water partition coefficient (Wildman–Crippen LogP) is 4.64. The second kappa shape index (κ2) is 7.44. The van der Waals surface area contributed by atoms with Crippen molar-refractivity contribution in [2.45, 2.75) is 20.4 Å². The van der Waals surface area contributed by atoms with Crippen molar-refractivity contribution in [1.82, 2.24) is 10.3 Å². The fraction of sp³-hybridized carbons (Fsp3) is 0.158. The van der Waals surface area contributed by atoms with Gasteiger partial charge in [0.2, 0.25) is 5.91 Å². The van der Waals surface area contributed by atoms with E-state index in [1.165, 1.54) is 24.3 Å². The van der Waals surface area contributed by atoms with Gasteiger partial charge in [-0.2, -0.15) is 0 Å². The van der Waals surface area contributed by atoms with E-state index in [0.717, 1.165) is 16.8 Å². The molecule has 2 N–H and O–H groups in total. The van der Waals surface area contributed by atoms with Crippen molar-refractivity contribution in [3.63, 3.8) is 0 Å². The minimum absolute atomic E-state index is 0.0492. The van der Waals surface area contributed by atoms with Crippen LogP contribution in [0.25, 0.3) is 11.3 Å². The van der Waals surface area contributed by atoms with Gasteiger partial charge in [-0.3, -0.25) is 4.79 Å². The number of thiazole rings is 1. The van der Waals surface area contributed by atoms with Gasteiger partial charge in [0.1, 0.15) is 5.82 Å². The van der Waals surface area contributed by atoms with Crippen molar-refractivity contribution in [1.29, 1.82) is 0 Å². The summed E-state index contributed by atoms with van der Waals surface area (Å²) in [4.78, 5) is 15.5. The molecule has 1 amide bonds. The summed E-state index contributed by atoms with van der Waals surface area (Å²) in [5.74, 6) is -0.289. The molecule has 1 heterocycles. The lowest BCUT2D eigenvalue weighted by Crippen LogP contribution is -2.18. The highest BCUT2D eigenvalue weighted by molar-refractivity contribution is 7.14. The maximum Gasteiger partial charge on any atom is 0.217 e. The number of aryl methyl sites for hydroxylation is 1. The molecule has 0 bridgehead atoms. The van der Waals surface area contributed by atoms with Crippen LogP contribution in [0.2, 0.25) is 0 Å². The largest absolute Gasteiger partial charge is 0.352 e. The molecule has 0 radical (unpaired) electrons. The Kier molecular flexibility index (Phi) is 5.09. The van der Waals surface area contributed by atoms with Crippen molar-refractivity contribution in [2.24, 2.45) is 0 Å². The molecule has 2 aromatic carbocycles. The highest BCUT2D eigenvalue weighted by Gasteiger charge is 2.06. The van der Waals surface area contributed by atoms with Gasteiger partial charge in [-0.15, -0.1) is 11.3 Å². The van der Waals surface area contributed by atoms with Gasteiger partial charge >= 0.3 is 0 Å². The summed E-state index contributed by atoms with van der Waals surface area (Å²) >= 11 is 1.47. The first-order valence-corrected chi connectivity index (χ1v) is 8.71. The quantitative estimate of drug-likeness (QED) is 0.701. The van der Waals surface area contributed by atoms with Crippen molar-refractivity contribution >= 4 is 28.1 Å². The third kappa shape index (κ3) is 4.42. The Bertz CT molecular complexity index is 890. The van der Waals surface area contributed by atoms with Crippen LogP contribution in [0.4, 0.5) is 15.2 Å². The minimum atomic E-state index is -0.239. The number of nitrogens with one attached hydrogen (secondary N) is 2. The van der Waals surface area contributed by atoms with Crippen molar-refractivity contribution in [2.75, 3.05) is 5.32 Å². The number of benzene rings is 2. The lowest BCUT2D eigenvalue weighted by molar-refractivity contribution is -0.119. The molecule has 0 spiro atoms. The van der Waals surface area contributed by atoms with Crippen LogP contribution in [0, 0.1) is 12.7 Å². The zero-order valence-electron chi connectivity index (χ0n) is 14.0. The molecule has 0 aliphatic rings. The Hall–Kier alpha value is -2.73. The van der Waals surface area contributed by atoms with E-state index in [9.17, 15) is 9.18 Å². The van der Waals surface area contributed by atoms with Gasteiger partial charge in [0.25, 0.3) is 0 Å². The fourth-order valence-corrected chi connectivity index (χ4v) is 3.02. The molecular formula is C19H18FN3OS. The van der Waals surface area contributed by atoms with Crippen LogP contribution in [0.3, 0.4) is 0 Å². The number of halogens is 1. The number of aromatic nitrogens is 1. The molecule has 0 aliphatic carbocycles. The molecule has 0 unspecified atom stereocenters. The zero-order chi connectivity index (χ0) is 17.8. The summed E-state index contributed by atoms with van der Waals surface area (Å²) in [6.07, 6.45) is 0. The Balaban J connectivity index is 1.70. The minimum Gasteiger partial charge on any atom is -0.352 e. The van der Waals surface area contributed by atoms with Gasteiger partial charge in [0, 0.05) is 30.1 Å². The Morgan fingerprint density at radius 1 is 1.20 bits per heavy atom. The number of hydrogen-bond acceptors (Lipinski definition) is 4. The van der Waals surface area contributed by atoms with Crippen molar-refractivity contribution in [3.05, 3.63) is 64.8 Å². The van der Waals surface area contributed by atoms with Gasteiger partial charge in [-0.25, -0.2) is 9.37 Å². The molecule has 0 fully saturated rings. The van der Waals surface area contributed by atoms with Crippen LogP contribution >= 0.6 is 11.3 Å². The highest BCUT2D eigenvalue weighted by Crippen LogP contribution is 2.27. The monoisotopic (exact) mass is 355 g/mol. The van der Waals surface area contributed by atoms with E-state index in [-0.39, 0.29) is 11.7 Å². The number of carbonyl (C=O) groups is 1. The van der Waals surface area contributed by atoms with Gasteiger partial charge in [-0.05, 0) is 30.2 Å². The average molecular weight is 355 g/mol. The molecule has 0 aliphatic heterocycles. The fourth-order valence-electron chi connectivity index (χ4n) is 2.28. The lowest BCUT2D eigenvalue weighted by atomic mass is 10.1. The van der Waals surface area contributed by atoms with E-state index in [2.05, 4.69) is 15.6 Å². The molecule has 3 rings (SSSR count). The predicted molar refractivity (Wildman–Crippen MR) is 99.5 cm³/mol. The third-order valence-corrected chi connectivity index (χ3v) is 4.48. The number of nitrogens with zero attached hydrogens (tertiary/aromatic N) is 1. The molecule has 4 nitrogen and oxygen atoms in total. The summed E-state index contributed by atoms with van der Waals surface area (Å²) in [6, 6.07) is 12.9. The molecule has 1 aromatic heterocycles. The first-order valence-electron chi connectivity index (χ1n) is 7.84. The zero-order valence-corrected chi connectivity index (χ0v) is 14.8. The first-order chi connectivity index (χ1) is 12.0. The van der Waals surface area contributed by atoms with E-state index < -0.39 is 0 Å². The van der Waals surface area contributed by atoms with E-state index in [4.69, 9.17) is 0 Å². The molecule has 3 aromatic rings. The Labute approximate surface area is 149 Å². The van der Waals surface area contributed by atoms with Crippen LogP contribution in [0.5, 0.6) is 0 Å². The molecule has 0 saturated carbocycles. The Morgan fingerprint density at radius 3 is 2.64 bits per heavy atom. The maximum atomic E-state index is 13.6. The second-order valence-electron chi connectivity index (χ2n) is 5.73. The summed E-state index contributed by atoms with van der Waals surface area (Å²) < 4.78 is 13.6. The Morgan fingerprint density at radius 2 is 1.96 bits per heavy atom. The van der Waals surface area contributed by atoms with Gasteiger partial charge in [-0.1, -0.05) is 30.3 Å². The van der Waals surface area contributed by atoms with Gasteiger partial charge in [0.15, 0.2) is 5.13 Å². The summed E-state index contributed by atoms with van der Waals surface area (Å²) in [7, 11) is 0.